The Morgan fingerprint density at radius 2 is 1.68 bits per heavy atom. The van der Waals surface area contributed by atoms with Crippen LogP contribution >= 0.6 is 0 Å². The molecule has 0 heterocycles. The van der Waals surface area contributed by atoms with Crippen molar-refractivity contribution in [1.29, 1.82) is 0 Å². The van der Waals surface area contributed by atoms with Crippen molar-refractivity contribution in [3.63, 3.8) is 0 Å². The molecule has 0 aliphatic carbocycles. The zero-order chi connectivity index (χ0) is 18.6. The van der Waals surface area contributed by atoms with Crippen LogP contribution in [-0.4, -0.2) is 22.5 Å². The van der Waals surface area contributed by atoms with E-state index in [1.165, 1.54) is 24.3 Å². The molecule has 9 heteroatoms. The molecule has 1 amide bonds. The van der Waals surface area contributed by atoms with Crippen LogP contribution < -0.4 is 5.32 Å². The van der Waals surface area contributed by atoms with Crippen molar-refractivity contribution in [2.45, 2.75) is 12.3 Å². The van der Waals surface area contributed by atoms with E-state index < -0.39 is 28.7 Å². The number of alkyl halides is 3. The third-order valence-electron chi connectivity index (χ3n) is 3.42. The summed E-state index contributed by atoms with van der Waals surface area (Å²) in [5, 5.41) is 22.9. The maximum absolute atomic E-state index is 12.5. The van der Waals surface area contributed by atoms with Crippen molar-refractivity contribution in [3.05, 3.63) is 75.3 Å². The Morgan fingerprint density at radius 1 is 1.12 bits per heavy atom. The number of amides is 1. The minimum Gasteiger partial charge on any atom is -0.387 e. The van der Waals surface area contributed by atoms with Crippen molar-refractivity contribution in [3.8, 4) is 0 Å². The van der Waals surface area contributed by atoms with Gasteiger partial charge in [-0.3, -0.25) is 14.9 Å². The van der Waals surface area contributed by atoms with Gasteiger partial charge in [0.05, 0.1) is 16.6 Å². The van der Waals surface area contributed by atoms with Gasteiger partial charge in [-0.15, -0.1) is 0 Å². The molecule has 2 N–H and O–H groups in total. The van der Waals surface area contributed by atoms with Crippen molar-refractivity contribution >= 4 is 11.6 Å². The summed E-state index contributed by atoms with van der Waals surface area (Å²) in [6.45, 7) is -0.221. The molecule has 25 heavy (non-hydrogen) atoms. The summed E-state index contributed by atoms with van der Waals surface area (Å²) in [5.74, 6) is -0.569. The second-order valence-corrected chi connectivity index (χ2v) is 5.15. The molecule has 0 saturated carbocycles. The van der Waals surface area contributed by atoms with E-state index in [4.69, 9.17) is 0 Å². The molecule has 0 radical (unpaired) electrons. The Hall–Kier alpha value is -2.94. The number of nitrogens with one attached hydrogen (secondary N) is 1. The molecule has 0 bridgehead atoms. The van der Waals surface area contributed by atoms with Gasteiger partial charge < -0.3 is 10.4 Å². The number of nitro benzene ring substituents is 1. The van der Waals surface area contributed by atoms with E-state index in [1.54, 1.807) is 0 Å². The number of hydrogen-bond donors (Lipinski definition) is 2. The van der Waals surface area contributed by atoms with Crippen LogP contribution in [-0.2, 0) is 6.18 Å². The minimum atomic E-state index is -4.46. The van der Waals surface area contributed by atoms with Crippen LogP contribution in [0.3, 0.4) is 0 Å². The number of carbonyl (C=O) groups excluding carboxylic acids is 1. The molecule has 2 aromatic rings. The highest BCUT2D eigenvalue weighted by Gasteiger charge is 2.30. The lowest BCUT2D eigenvalue weighted by Crippen LogP contribution is -2.28. The molecule has 0 aromatic heterocycles. The third-order valence-corrected chi connectivity index (χ3v) is 3.42. The van der Waals surface area contributed by atoms with Crippen LogP contribution in [0.2, 0.25) is 0 Å². The van der Waals surface area contributed by atoms with Crippen LogP contribution in [0.15, 0.2) is 48.5 Å². The van der Waals surface area contributed by atoms with Gasteiger partial charge in [0.2, 0.25) is 0 Å². The Balaban J connectivity index is 1.95. The summed E-state index contributed by atoms with van der Waals surface area (Å²) in [5.41, 5.74) is -0.623. The second-order valence-electron chi connectivity index (χ2n) is 5.15. The zero-order valence-electron chi connectivity index (χ0n) is 12.7. The number of rotatable bonds is 5. The van der Waals surface area contributed by atoms with E-state index in [-0.39, 0.29) is 23.4 Å². The predicted octanol–water partition coefficient (Wildman–Crippen LogP) is 3.08. The Kier molecular flexibility index (Phi) is 5.38. The highest BCUT2D eigenvalue weighted by Crippen LogP contribution is 2.29. The summed E-state index contributed by atoms with van der Waals surface area (Å²) in [7, 11) is 0. The highest BCUT2D eigenvalue weighted by atomic mass is 19.4. The molecule has 1 atom stereocenters. The largest absolute Gasteiger partial charge is 0.416 e. The number of aliphatic hydroxyl groups is 1. The first kappa shape index (κ1) is 18.4. The van der Waals surface area contributed by atoms with Crippen molar-refractivity contribution < 1.29 is 28.0 Å². The van der Waals surface area contributed by atoms with Gasteiger partial charge in [-0.25, -0.2) is 0 Å². The van der Waals surface area contributed by atoms with E-state index in [0.717, 1.165) is 24.3 Å². The number of nitro groups is 1. The molecular weight excluding hydrogens is 341 g/mol. The first-order valence-electron chi connectivity index (χ1n) is 7.06. The number of hydrogen-bond acceptors (Lipinski definition) is 4. The summed E-state index contributed by atoms with van der Waals surface area (Å²) in [6, 6.07) is 8.81. The lowest BCUT2D eigenvalue weighted by atomic mass is 10.1. The van der Waals surface area contributed by atoms with Gasteiger partial charge in [0.15, 0.2) is 0 Å². The maximum atomic E-state index is 12.5. The SMILES string of the molecule is O=C(NCC(O)c1ccc(C(F)(F)F)cc1)c1ccc([N+](=O)[O-])cc1. The van der Waals surface area contributed by atoms with E-state index in [2.05, 4.69) is 5.32 Å². The molecule has 0 fully saturated rings. The molecule has 6 nitrogen and oxygen atoms in total. The lowest BCUT2D eigenvalue weighted by molar-refractivity contribution is -0.384. The summed E-state index contributed by atoms with van der Waals surface area (Å²) < 4.78 is 37.4. The number of nitrogens with zero attached hydrogens (tertiary/aromatic N) is 1. The minimum absolute atomic E-state index is 0.158. The molecule has 2 rings (SSSR count). The van der Waals surface area contributed by atoms with Gasteiger partial charge in [-0.2, -0.15) is 13.2 Å². The van der Waals surface area contributed by atoms with Crippen LogP contribution in [0.4, 0.5) is 18.9 Å². The molecule has 2 aromatic carbocycles. The Labute approximate surface area is 140 Å². The number of aliphatic hydroxyl groups excluding tert-OH is 1. The summed E-state index contributed by atoms with van der Waals surface area (Å²) in [6.07, 6.45) is -5.66. The fraction of sp³-hybridized carbons (Fsp3) is 0.188. The van der Waals surface area contributed by atoms with Gasteiger partial charge in [0.25, 0.3) is 11.6 Å². The van der Waals surface area contributed by atoms with Crippen LogP contribution in [0, 0.1) is 10.1 Å². The van der Waals surface area contributed by atoms with Gasteiger partial charge in [0.1, 0.15) is 0 Å². The fourth-order valence-corrected chi connectivity index (χ4v) is 2.04. The number of non-ortho nitro benzene ring substituents is 1. The molecule has 1 unspecified atom stereocenters. The number of carbonyl (C=O) groups is 1. The molecule has 0 saturated heterocycles. The number of halogens is 3. The molecule has 132 valence electrons. The monoisotopic (exact) mass is 354 g/mol. The van der Waals surface area contributed by atoms with Crippen molar-refractivity contribution in [2.24, 2.45) is 0 Å². The van der Waals surface area contributed by atoms with E-state index in [0.29, 0.717) is 0 Å². The zero-order valence-corrected chi connectivity index (χ0v) is 12.7. The van der Waals surface area contributed by atoms with E-state index >= 15 is 0 Å². The smallest absolute Gasteiger partial charge is 0.387 e. The topological polar surface area (TPSA) is 92.5 Å². The van der Waals surface area contributed by atoms with Crippen LogP contribution in [0.5, 0.6) is 0 Å². The average Bonchev–Trinajstić information content (AvgIpc) is 2.58. The molecule has 0 spiro atoms. The van der Waals surface area contributed by atoms with Gasteiger partial charge in [-0.05, 0) is 29.8 Å². The molecular formula is C16H13F3N2O4. The van der Waals surface area contributed by atoms with E-state index in [1.807, 2.05) is 0 Å². The van der Waals surface area contributed by atoms with Crippen LogP contribution in [0.1, 0.15) is 27.6 Å². The first-order valence-corrected chi connectivity index (χ1v) is 7.06. The van der Waals surface area contributed by atoms with E-state index in [9.17, 15) is 33.2 Å². The average molecular weight is 354 g/mol. The van der Waals surface area contributed by atoms with Crippen LogP contribution in [0.25, 0.3) is 0 Å². The van der Waals surface area contributed by atoms with Crippen molar-refractivity contribution in [1.82, 2.24) is 5.32 Å². The third kappa shape index (κ3) is 4.77. The predicted molar refractivity (Wildman–Crippen MR) is 81.8 cm³/mol. The second kappa shape index (κ2) is 7.31. The van der Waals surface area contributed by atoms with Crippen molar-refractivity contribution in [2.75, 3.05) is 6.54 Å². The fourth-order valence-electron chi connectivity index (χ4n) is 2.04. The highest BCUT2D eigenvalue weighted by molar-refractivity contribution is 5.94. The Bertz CT molecular complexity index is 758. The maximum Gasteiger partial charge on any atom is 0.416 e. The van der Waals surface area contributed by atoms with Gasteiger partial charge >= 0.3 is 6.18 Å². The summed E-state index contributed by atoms with van der Waals surface area (Å²) in [4.78, 5) is 21.8. The molecule has 0 aliphatic heterocycles. The first-order chi connectivity index (χ1) is 11.7. The quantitative estimate of drug-likeness (QED) is 0.637. The summed E-state index contributed by atoms with van der Waals surface area (Å²) >= 11 is 0. The van der Waals surface area contributed by atoms with Gasteiger partial charge in [0, 0.05) is 24.2 Å². The normalized spacial score (nSPS) is 12.5. The number of benzene rings is 2. The van der Waals surface area contributed by atoms with Gasteiger partial charge in [-0.1, -0.05) is 12.1 Å². The molecule has 0 aliphatic rings. The Morgan fingerprint density at radius 3 is 2.16 bits per heavy atom. The lowest BCUT2D eigenvalue weighted by Gasteiger charge is -2.13. The standard InChI is InChI=1S/C16H13F3N2O4/c17-16(18,19)12-5-1-10(2-6-12)14(22)9-20-15(23)11-3-7-13(8-4-11)21(24)25/h1-8,14,22H,9H2,(H,20,23).